The van der Waals surface area contributed by atoms with Crippen LogP contribution in [-0.2, 0) is 6.54 Å². The van der Waals surface area contributed by atoms with E-state index in [0.29, 0.717) is 22.6 Å². The Balaban J connectivity index is 1.96. The predicted octanol–water partition coefficient (Wildman–Crippen LogP) is 2.94. The molecule has 126 valence electrons. The standard InChI is InChI=1S/C19H15FN2O3/c1-25-18-11-14(20)7-8-15(18)16-9-10-19(24)22(21-16)12-17(23)13-5-3-2-4-6-13/h2-11H,12H2,1H3. The molecule has 1 heterocycles. The van der Waals surface area contributed by atoms with E-state index in [4.69, 9.17) is 4.74 Å². The molecule has 1 aromatic heterocycles. The van der Waals surface area contributed by atoms with Crippen molar-refractivity contribution in [3.8, 4) is 17.0 Å². The first-order valence-electron chi connectivity index (χ1n) is 7.59. The molecule has 0 aliphatic heterocycles. The van der Waals surface area contributed by atoms with Crippen LogP contribution >= 0.6 is 0 Å². The number of aromatic nitrogens is 2. The number of ketones is 1. The maximum atomic E-state index is 13.4. The summed E-state index contributed by atoms with van der Waals surface area (Å²) in [5.41, 5.74) is 1.05. The molecule has 6 heteroatoms. The summed E-state index contributed by atoms with van der Waals surface area (Å²) in [5.74, 6) is -0.362. The topological polar surface area (TPSA) is 61.2 Å². The highest BCUT2D eigenvalue weighted by atomic mass is 19.1. The molecule has 0 saturated carbocycles. The first-order valence-corrected chi connectivity index (χ1v) is 7.59. The fourth-order valence-corrected chi connectivity index (χ4v) is 2.43. The van der Waals surface area contributed by atoms with Gasteiger partial charge in [-0.3, -0.25) is 9.59 Å². The summed E-state index contributed by atoms with van der Waals surface area (Å²) in [6, 6.07) is 15.6. The number of benzene rings is 2. The maximum absolute atomic E-state index is 13.4. The second kappa shape index (κ2) is 7.09. The van der Waals surface area contributed by atoms with Crippen LogP contribution in [0.4, 0.5) is 4.39 Å². The van der Waals surface area contributed by atoms with Crippen LogP contribution < -0.4 is 10.3 Å². The fraction of sp³-hybridized carbons (Fsp3) is 0.105. The maximum Gasteiger partial charge on any atom is 0.267 e. The average Bonchev–Trinajstić information content (AvgIpc) is 2.64. The van der Waals surface area contributed by atoms with Crippen molar-refractivity contribution in [2.45, 2.75) is 6.54 Å². The van der Waals surface area contributed by atoms with E-state index in [2.05, 4.69) is 5.10 Å². The highest BCUT2D eigenvalue weighted by molar-refractivity contribution is 5.95. The zero-order valence-electron chi connectivity index (χ0n) is 13.5. The van der Waals surface area contributed by atoms with Crippen LogP contribution in [0, 0.1) is 5.82 Å². The largest absolute Gasteiger partial charge is 0.496 e. The van der Waals surface area contributed by atoms with E-state index in [1.807, 2.05) is 6.07 Å². The van der Waals surface area contributed by atoms with Gasteiger partial charge in [-0.15, -0.1) is 0 Å². The molecule has 3 rings (SSSR count). The van der Waals surface area contributed by atoms with Crippen LogP contribution in [0.25, 0.3) is 11.3 Å². The van der Waals surface area contributed by atoms with Gasteiger partial charge in [0.05, 0.1) is 12.8 Å². The molecule has 0 radical (unpaired) electrons. The molecule has 5 nitrogen and oxygen atoms in total. The van der Waals surface area contributed by atoms with Crippen LogP contribution in [0.3, 0.4) is 0 Å². The number of ether oxygens (including phenoxy) is 1. The Kier molecular flexibility index (Phi) is 4.70. The highest BCUT2D eigenvalue weighted by Gasteiger charge is 2.13. The molecule has 0 bridgehead atoms. The molecule has 2 aromatic carbocycles. The van der Waals surface area contributed by atoms with Crippen molar-refractivity contribution in [2.75, 3.05) is 7.11 Å². The van der Waals surface area contributed by atoms with Gasteiger partial charge in [0, 0.05) is 23.3 Å². The van der Waals surface area contributed by atoms with E-state index < -0.39 is 11.4 Å². The van der Waals surface area contributed by atoms with Crippen molar-refractivity contribution >= 4 is 5.78 Å². The molecule has 25 heavy (non-hydrogen) atoms. The van der Waals surface area contributed by atoms with E-state index in [-0.39, 0.29) is 12.3 Å². The molecule has 3 aromatic rings. The normalized spacial score (nSPS) is 10.5. The smallest absolute Gasteiger partial charge is 0.267 e. The quantitative estimate of drug-likeness (QED) is 0.671. The van der Waals surface area contributed by atoms with E-state index in [1.165, 1.54) is 37.4 Å². The van der Waals surface area contributed by atoms with E-state index in [9.17, 15) is 14.0 Å². The molecule has 0 atom stereocenters. The van der Waals surface area contributed by atoms with Gasteiger partial charge in [-0.05, 0) is 18.2 Å². The lowest BCUT2D eigenvalue weighted by atomic mass is 10.1. The lowest BCUT2D eigenvalue weighted by molar-refractivity contribution is 0.0966. The Morgan fingerprint density at radius 3 is 2.60 bits per heavy atom. The fourth-order valence-electron chi connectivity index (χ4n) is 2.43. The average molecular weight is 338 g/mol. The third-order valence-electron chi connectivity index (χ3n) is 3.70. The summed E-state index contributed by atoms with van der Waals surface area (Å²) in [7, 11) is 1.42. The summed E-state index contributed by atoms with van der Waals surface area (Å²) in [4.78, 5) is 24.3. The Morgan fingerprint density at radius 1 is 1.12 bits per heavy atom. The number of hydrogen-bond acceptors (Lipinski definition) is 4. The molecule has 0 spiro atoms. The molecule has 0 aliphatic rings. The van der Waals surface area contributed by atoms with Gasteiger partial charge in [0.1, 0.15) is 18.1 Å². The third-order valence-corrected chi connectivity index (χ3v) is 3.70. The van der Waals surface area contributed by atoms with Crippen LogP contribution in [0.5, 0.6) is 5.75 Å². The number of methoxy groups -OCH3 is 1. The van der Waals surface area contributed by atoms with Crippen molar-refractivity contribution in [3.63, 3.8) is 0 Å². The molecule has 0 saturated heterocycles. The molecule has 0 N–H and O–H groups in total. The van der Waals surface area contributed by atoms with Crippen LogP contribution in [0.15, 0.2) is 65.5 Å². The van der Waals surface area contributed by atoms with Crippen molar-refractivity contribution < 1.29 is 13.9 Å². The van der Waals surface area contributed by atoms with Gasteiger partial charge in [-0.1, -0.05) is 30.3 Å². The second-order valence-corrected chi connectivity index (χ2v) is 5.35. The Labute approximate surface area is 143 Å². The van der Waals surface area contributed by atoms with Crippen molar-refractivity contribution in [2.24, 2.45) is 0 Å². The number of carbonyl (C=O) groups is 1. The number of Topliss-reactive ketones (excluding diaryl/α,β-unsaturated/α-hetero) is 1. The molecular formula is C19H15FN2O3. The molecule has 0 aliphatic carbocycles. The number of carbonyl (C=O) groups excluding carboxylic acids is 1. The van der Waals surface area contributed by atoms with Gasteiger partial charge in [0.2, 0.25) is 0 Å². The second-order valence-electron chi connectivity index (χ2n) is 5.35. The summed E-state index contributed by atoms with van der Waals surface area (Å²) in [5, 5.41) is 4.23. The Bertz CT molecular complexity index is 968. The number of hydrogen-bond donors (Lipinski definition) is 0. The summed E-state index contributed by atoms with van der Waals surface area (Å²) >= 11 is 0. The van der Waals surface area contributed by atoms with E-state index in [1.54, 1.807) is 24.3 Å². The molecule has 0 amide bonds. The first-order chi connectivity index (χ1) is 12.1. The monoisotopic (exact) mass is 338 g/mol. The van der Waals surface area contributed by atoms with E-state index >= 15 is 0 Å². The highest BCUT2D eigenvalue weighted by Crippen LogP contribution is 2.28. The van der Waals surface area contributed by atoms with Gasteiger partial charge >= 0.3 is 0 Å². The van der Waals surface area contributed by atoms with Crippen LogP contribution in [0.2, 0.25) is 0 Å². The van der Waals surface area contributed by atoms with Crippen molar-refractivity contribution in [1.82, 2.24) is 9.78 Å². The zero-order chi connectivity index (χ0) is 17.8. The molecule has 0 fully saturated rings. The minimum Gasteiger partial charge on any atom is -0.496 e. The van der Waals surface area contributed by atoms with Crippen LogP contribution in [0.1, 0.15) is 10.4 Å². The number of rotatable bonds is 5. The minimum absolute atomic E-state index is 0.180. The van der Waals surface area contributed by atoms with Gasteiger partial charge in [-0.25, -0.2) is 9.07 Å². The lowest BCUT2D eigenvalue weighted by Crippen LogP contribution is -2.26. The number of nitrogens with zero attached hydrogens (tertiary/aromatic N) is 2. The Hall–Kier alpha value is -3.28. The van der Waals surface area contributed by atoms with Crippen molar-refractivity contribution in [3.05, 3.63) is 82.4 Å². The van der Waals surface area contributed by atoms with E-state index in [0.717, 1.165) is 4.68 Å². The zero-order valence-corrected chi connectivity index (χ0v) is 13.5. The first kappa shape index (κ1) is 16.6. The van der Waals surface area contributed by atoms with Crippen LogP contribution in [-0.4, -0.2) is 22.7 Å². The SMILES string of the molecule is COc1cc(F)ccc1-c1ccc(=O)n(CC(=O)c2ccccc2)n1. The van der Waals surface area contributed by atoms with Gasteiger partial charge in [0.15, 0.2) is 5.78 Å². The molecular weight excluding hydrogens is 323 g/mol. The van der Waals surface area contributed by atoms with Crippen molar-refractivity contribution in [1.29, 1.82) is 0 Å². The minimum atomic E-state index is -0.437. The summed E-state index contributed by atoms with van der Waals surface area (Å²) < 4.78 is 19.6. The lowest BCUT2D eigenvalue weighted by Gasteiger charge is -2.10. The number of halogens is 1. The summed E-state index contributed by atoms with van der Waals surface area (Å²) in [6.07, 6.45) is 0. The van der Waals surface area contributed by atoms with Gasteiger partial charge < -0.3 is 4.74 Å². The predicted molar refractivity (Wildman–Crippen MR) is 91.2 cm³/mol. The third kappa shape index (κ3) is 3.63. The van der Waals surface area contributed by atoms with Gasteiger partial charge in [0.25, 0.3) is 5.56 Å². The Morgan fingerprint density at radius 2 is 1.88 bits per heavy atom. The summed E-state index contributed by atoms with van der Waals surface area (Å²) in [6.45, 7) is -0.180. The molecule has 0 unspecified atom stereocenters. The van der Waals surface area contributed by atoms with Gasteiger partial charge in [-0.2, -0.15) is 5.10 Å².